The number of esters is 1. The van der Waals surface area contributed by atoms with Crippen molar-refractivity contribution >= 4 is 69.8 Å². The van der Waals surface area contributed by atoms with Crippen LogP contribution >= 0.6 is 0 Å². The van der Waals surface area contributed by atoms with Crippen LogP contribution in [0.15, 0.2) is 120 Å². The lowest BCUT2D eigenvalue weighted by Gasteiger charge is -2.39. The van der Waals surface area contributed by atoms with Crippen molar-refractivity contribution in [3.05, 3.63) is 137 Å². The molecule has 0 spiro atoms. The number of unbranched alkanes of at least 4 members (excludes halogenated alkanes) is 8. The number of urea groups is 1. The van der Waals surface area contributed by atoms with Crippen LogP contribution in [0.3, 0.4) is 0 Å². The third-order valence-electron chi connectivity index (χ3n) is 17.0. The fraction of sp³-hybridized carbons (Fsp3) is 0.500. The van der Waals surface area contributed by atoms with E-state index in [2.05, 4.69) is 37.2 Å². The molecule has 0 unspecified atom stereocenters. The Hall–Kier alpha value is -8.82. The predicted molar refractivity (Wildman–Crippen MR) is 343 cm³/mol. The number of anilines is 2. The summed E-state index contributed by atoms with van der Waals surface area (Å²) in [5.74, 6) is -3.23. The van der Waals surface area contributed by atoms with Gasteiger partial charge in [0.15, 0.2) is 0 Å². The van der Waals surface area contributed by atoms with Crippen LogP contribution in [-0.2, 0) is 44.8 Å². The van der Waals surface area contributed by atoms with Gasteiger partial charge in [0.25, 0.3) is 5.56 Å². The Balaban J connectivity index is 0.804. The number of nitrogens with zero attached hydrogens (tertiary/aromatic N) is 6. The number of aromatic nitrogens is 2. The third-order valence-corrected chi connectivity index (χ3v) is 17.0. The number of piperidine rings is 1. The molecule has 0 bridgehead atoms. The lowest BCUT2D eigenvalue weighted by molar-refractivity contribution is -0.144. The summed E-state index contributed by atoms with van der Waals surface area (Å²) in [7, 11) is 1.27. The van der Waals surface area contributed by atoms with Crippen molar-refractivity contribution in [2.75, 3.05) is 56.2 Å². The number of rotatable bonds is 27. The van der Waals surface area contributed by atoms with E-state index in [1.807, 2.05) is 91.3 Å². The monoisotopic (exact) mass is 1240 g/mol. The number of ether oxygens (including phenoxy) is 2. The maximum Gasteiger partial charge on any atom is 0.408 e. The fourth-order valence-electron chi connectivity index (χ4n) is 12.4. The summed E-state index contributed by atoms with van der Waals surface area (Å²) in [6, 6.07) is 25.0. The first-order valence-electron chi connectivity index (χ1n) is 31.9. The highest BCUT2D eigenvalue weighted by Gasteiger charge is 2.46. The zero-order valence-electron chi connectivity index (χ0n) is 52.4. The standard InChI is InChI=1S/C68H89N11O11/c1-68(2,3)90-67(88)73-55-45-76(40-36-51-30-33-56(79(51)65(55)86)63(84)72-54(32-34-58(69)80)62(83)74-61(47-23-14-12-15-24-47)48-25-16-13-17-26-48)66(87)71-37-20-10-8-6-5-7-9-11-21-39-78(52-31-35-59(81)77(44-52)46-60(82)89-4)64(85)50-28-22-38-75(43-50)57-42-70-41-49-27-18-19-29-53(49)57/h12-19,23-27,29,31,35,41-42,44,50-51,54-56,61H,5-11,20-22,28,30,32-34,36-40,43,45-46H2,1-4H3,(H2,69,80)(H,71,87)(H,72,84)(H,73,88)(H,74,83)/t50-,51+,54-,55-,56-/m0/s1. The van der Waals surface area contributed by atoms with Crippen LogP contribution in [0, 0.1) is 5.92 Å². The van der Waals surface area contributed by atoms with E-state index >= 15 is 0 Å². The Morgan fingerprint density at radius 3 is 2.09 bits per heavy atom. The molecule has 6 N–H and O–H groups in total. The Labute approximate surface area is 527 Å². The minimum Gasteiger partial charge on any atom is -0.468 e. The number of fused-ring (bicyclic) bond motifs is 2. The van der Waals surface area contributed by atoms with Gasteiger partial charge in [-0.2, -0.15) is 0 Å². The van der Waals surface area contributed by atoms with Crippen LogP contribution in [0.5, 0.6) is 0 Å². The predicted octanol–water partition coefficient (Wildman–Crippen LogP) is 7.65. The van der Waals surface area contributed by atoms with Crippen molar-refractivity contribution in [2.45, 2.75) is 166 Å². The highest BCUT2D eigenvalue weighted by molar-refractivity contribution is 5.98. The van der Waals surface area contributed by atoms with E-state index in [1.165, 1.54) is 27.5 Å². The minimum atomic E-state index is -1.27. The molecule has 3 aliphatic heterocycles. The molecule has 0 aliphatic carbocycles. The molecule has 22 heteroatoms. The molecule has 3 aromatic carbocycles. The molecule has 8 amide bonds. The molecule has 5 atom stereocenters. The highest BCUT2D eigenvalue weighted by atomic mass is 16.6. The van der Waals surface area contributed by atoms with Crippen LogP contribution in [-0.4, -0.2) is 143 Å². The number of benzene rings is 3. The molecule has 0 saturated carbocycles. The van der Waals surface area contributed by atoms with E-state index in [9.17, 15) is 43.2 Å². The van der Waals surface area contributed by atoms with Crippen LogP contribution in [0.25, 0.3) is 10.8 Å². The normalized spacial score (nSPS) is 18.0. The minimum absolute atomic E-state index is 0.0193. The third kappa shape index (κ3) is 18.9. The van der Waals surface area contributed by atoms with Crippen LogP contribution in [0.2, 0.25) is 0 Å². The second-order valence-corrected chi connectivity index (χ2v) is 24.8. The maximum atomic E-state index is 14.7. The van der Waals surface area contributed by atoms with E-state index < -0.39 is 71.5 Å². The number of carbonyl (C=O) groups excluding carboxylic acids is 8. The summed E-state index contributed by atoms with van der Waals surface area (Å²) in [5, 5.41) is 13.7. The largest absolute Gasteiger partial charge is 0.468 e. The molecule has 90 heavy (non-hydrogen) atoms. The number of nitrogens with one attached hydrogen (secondary N) is 4. The van der Waals surface area contributed by atoms with E-state index in [4.69, 9.17) is 15.2 Å². The Morgan fingerprint density at radius 2 is 1.41 bits per heavy atom. The van der Waals surface area contributed by atoms with Crippen molar-refractivity contribution < 1.29 is 47.8 Å². The van der Waals surface area contributed by atoms with Gasteiger partial charge in [-0.3, -0.25) is 38.5 Å². The second kappa shape index (κ2) is 32.6. The number of amides is 8. The van der Waals surface area contributed by atoms with Gasteiger partial charge in [-0.25, -0.2) is 9.59 Å². The smallest absolute Gasteiger partial charge is 0.408 e. The zero-order chi connectivity index (χ0) is 64.2. The van der Waals surface area contributed by atoms with Crippen LogP contribution < -0.4 is 42.4 Å². The lowest BCUT2D eigenvalue weighted by Crippen LogP contribution is -2.62. The zero-order valence-corrected chi connectivity index (χ0v) is 52.4. The molecule has 3 fully saturated rings. The average molecular weight is 1240 g/mol. The van der Waals surface area contributed by atoms with Gasteiger partial charge in [0, 0.05) is 74.4 Å². The van der Waals surface area contributed by atoms with Crippen LogP contribution in [0.1, 0.15) is 141 Å². The number of methoxy groups -OCH3 is 1. The quantitative estimate of drug-likeness (QED) is 0.0250. The van der Waals surface area contributed by atoms with Crippen molar-refractivity contribution in [1.82, 2.24) is 40.6 Å². The van der Waals surface area contributed by atoms with Gasteiger partial charge in [-0.05, 0) is 89.3 Å². The van der Waals surface area contributed by atoms with Crippen molar-refractivity contribution in [2.24, 2.45) is 11.7 Å². The molecular weight excluding hydrogens is 1150 g/mol. The highest BCUT2D eigenvalue weighted by Crippen LogP contribution is 2.33. The van der Waals surface area contributed by atoms with Gasteiger partial charge >= 0.3 is 18.1 Å². The number of pyridine rings is 2. The molecule has 3 saturated heterocycles. The molecule has 5 aromatic rings. The molecule has 3 aliphatic rings. The van der Waals surface area contributed by atoms with Gasteiger partial charge in [-0.1, -0.05) is 130 Å². The summed E-state index contributed by atoms with van der Waals surface area (Å²) in [5.41, 5.74) is 7.45. The molecule has 5 heterocycles. The van der Waals surface area contributed by atoms with Crippen molar-refractivity contribution in [1.29, 1.82) is 0 Å². The Kier molecular flexibility index (Phi) is 24.3. The summed E-state index contributed by atoms with van der Waals surface area (Å²) < 4.78 is 11.7. The molecule has 8 rings (SSSR count). The number of primary amides is 1. The number of hydrogen-bond acceptors (Lipinski definition) is 13. The van der Waals surface area contributed by atoms with Gasteiger partial charge in [0.1, 0.15) is 30.3 Å². The topological polar surface area (TPSA) is 277 Å². The summed E-state index contributed by atoms with van der Waals surface area (Å²) in [4.78, 5) is 134. The van der Waals surface area contributed by atoms with E-state index in [0.29, 0.717) is 38.2 Å². The molecule has 2 aromatic heterocycles. The Morgan fingerprint density at radius 1 is 0.744 bits per heavy atom. The van der Waals surface area contributed by atoms with Crippen molar-refractivity contribution in [3.63, 3.8) is 0 Å². The first-order valence-corrected chi connectivity index (χ1v) is 31.9. The fourth-order valence-corrected chi connectivity index (χ4v) is 12.4. The summed E-state index contributed by atoms with van der Waals surface area (Å²) in [6.07, 6.45) is 15.0. The van der Waals surface area contributed by atoms with Gasteiger partial charge < -0.3 is 60.6 Å². The lowest BCUT2D eigenvalue weighted by atomic mass is 9.95. The maximum absolute atomic E-state index is 14.7. The van der Waals surface area contributed by atoms with Crippen LogP contribution in [0.4, 0.5) is 21.0 Å². The number of alkyl carbamates (subject to hydrolysis) is 1. The molecular formula is C68H89N11O11. The average Bonchev–Trinajstić information content (AvgIpc) is 1.51. The summed E-state index contributed by atoms with van der Waals surface area (Å²) >= 11 is 0. The van der Waals surface area contributed by atoms with Crippen molar-refractivity contribution in [3.8, 4) is 0 Å². The van der Waals surface area contributed by atoms with E-state index in [-0.39, 0.29) is 62.3 Å². The number of carbonyl (C=O) groups is 8. The molecule has 22 nitrogen and oxygen atoms in total. The first-order chi connectivity index (χ1) is 43.4. The number of hydrogen-bond donors (Lipinski definition) is 5. The molecule has 482 valence electrons. The molecule has 0 radical (unpaired) electrons. The first kappa shape index (κ1) is 67.1. The SMILES string of the molecule is COC(=O)Cn1cc(N(CCCCCCCCCCCNC(=O)N2CC[C@H]3CC[C@@H](C(=O)N[C@@H](CCC(N)=O)C(=O)NC(c4ccccc4)c4ccccc4)N3C(=O)[C@@H](NC(=O)OC(C)(C)C)C2)C(=O)[C@H]2CCCN(c3cncc4ccccc34)C2)ccc1=O. The van der Waals surface area contributed by atoms with E-state index in [1.54, 1.807) is 37.9 Å². The number of nitrogens with two attached hydrogens (primary N) is 1. The summed E-state index contributed by atoms with van der Waals surface area (Å²) in [6.45, 7) is 7.07. The van der Waals surface area contributed by atoms with Gasteiger partial charge in [-0.15, -0.1) is 0 Å². The van der Waals surface area contributed by atoms with Gasteiger partial charge in [0.05, 0.1) is 43.2 Å². The second-order valence-electron chi connectivity index (χ2n) is 24.8. The Bertz CT molecular complexity index is 3280. The van der Waals surface area contributed by atoms with E-state index in [0.717, 1.165) is 105 Å². The van der Waals surface area contributed by atoms with Gasteiger partial charge in [0.2, 0.25) is 29.5 Å².